The largest absolute Gasteiger partial charge is 0.389 e. The molecular weight excluding hydrogens is 274 g/mol. The molecule has 0 bridgehead atoms. The van der Waals surface area contributed by atoms with Gasteiger partial charge in [-0.2, -0.15) is 0 Å². The molecule has 1 aliphatic rings. The SMILES string of the molecule is CN(CCN1CCN(CC(C)(C)O)CC1)Cc1ccccc1. The molecule has 1 aromatic carbocycles. The molecule has 1 aliphatic heterocycles. The minimum absolute atomic E-state index is 0.585. The molecule has 1 heterocycles. The Labute approximate surface area is 135 Å². The standard InChI is InChI=1S/C18H31N3O/c1-18(2,22)16-21-13-11-20(12-14-21)10-9-19(3)15-17-7-5-4-6-8-17/h4-8,22H,9-16H2,1-3H3. The smallest absolute Gasteiger partial charge is 0.0718 e. The van der Waals surface area contributed by atoms with Crippen LogP contribution in [0.3, 0.4) is 0 Å². The Morgan fingerprint density at radius 1 is 1.05 bits per heavy atom. The highest BCUT2D eigenvalue weighted by Gasteiger charge is 2.22. The zero-order valence-electron chi connectivity index (χ0n) is 14.3. The van der Waals surface area contributed by atoms with E-state index in [-0.39, 0.29) is 0 Å². The van der Waals surface area contributed by atoms with Crippen LogP contribution in [0.15, 0.2) is 30.3 Å². The zero-order chi connectivity index (χ0) is 16.0. The molecule has 4 nitrogen and oxygen atoms in total. The third-order valence-corrected chi connectivity index (χ3v) is 4.17. The molecule has 0 radical (unpaired) electrons. The van der Waals surface area contributed by atoms with E-state index in [1.54, 1.807) is 0 Å². The van der Waals surface area contributed by atoms with Crippen LogP contribution in [0.4, 0.5) is 0 Å². The highest BCUT2D eigenvalue weighted by atomic mass is 16.3. The lowest BCUT2D eigenvalue weighted by Crippen LogP contribution is -2.51. The van der Waals surface area contributed by atoms with E-state index in [1.807, 2.05) is 13.8 Å². The number of rotatable bonds is 7. The lowest BCUT2D eigenvalue weighted by Gasteiger charge is -2.37. The Morgan fingerprint density at radius 2 is 1.64 bits per heavy atom. The van der Waals surface area contributed by atoms with E-state index in [2.05, 4.69) is 52.1 Å². The lowest BCUT2D eigenvalue weighted by atomic mass is 10.1. The molecule has 0 atom stereocenters. The summed E-state index contributed by atoms with van der Waals surface area (Å²) < 4.78 is 0. The van der Waals surface area contributed by atoms with Crippen molar-refractivity contribution in [3.8, 4) is 0 Å². The third kappa shape index (κ3) is 6.44. The summed E-state index contributed by atoms with van der Waals surface area (Å²) in [6.07, 6.45) is 0. The highest BCUT2D eigenvalue weighted by molar-refractivity contribution is 5.14. The van der Waals surface area contributed by atoms with Crippen LogP contribution in [0.5, 0.6) is 0 Å². The Kier molecular flexibility index (Phi) is 6.38. The first-order chi connectivity index (χ1) is 10.4. The number of nitrogens with zero attached hydrogens (tertiary/aromatic N) is 3. The molecular formula is C18H31N3O. The van der Waals surface area contributed by atoms with Crippen molar-refractivity contribution in [2.45, 2.75) is 26.0 Å². The second kappa shape index (κ2) is 8.06. The average molecular weight is 305 g/mol. The Morgan fingerprint density at radius 3 is 2.23 bits per heavy atom. The van der Waals surface area contributed by atoms with Crippen LogP contribution in [-0.2, 0) is 6.54 Å². The van der Waals surface area contributed by atoms with E-state index in [4.69, 9.17) is 0 Å². The number of benzene rings is 1. The van der Waals surface area contributed by atoms with Crippen molar-refractivity contribution in [2.75, 3.05) is 52.9 Å². The molecule has 4 heteroatoms. The van der Waals surface area contributed by atoms with E-state index < -0.39 is 5.60 Å². The minimum Gasteiger partial charge on any atom is -0.389 e. The number of aliphatic hydroxyl groups is 1. The molecule has 1 aromatic rings. The van der Waals surface area contributed by atoms with Gasteiger partial charge in [-0.3, -0.25) is 9.80 Å². The minimum atomic E-state index is -0.585. The summed E-state index contributed by atoms with van der Waals surface area (Å²) in [7, 11) is 2.19. The Balaban J connectivity index is 1.64. The summed E-state index contributed by atoms with van der Waals surface area (Å²) in [5.74, 6) is 0. The van der Waals surface area contributed by atoms with Crippen LogP contribution in [0.2, 0.25) is 0 Å². The fourth-order valence-corrected chi connectivity index (χ4v) is 3.00. The van der Waals surface area contributed by atoms with Gasteiger partial charge in [0.25, 0.3) is 0 Å². The van der Waals surface area contributed by atoms with Crippen molar-refractivity contribution in [1.82, 2.24) is 14.7 Å². The van der Waals surface area contributed by atoms with E-state index in [0.29, 0.717) is 0 Å². The number of hydrogen-bond acceptors (Lipinski definition) is 4. The first kappa shape index (κ1) is 17.4. The van der Waals surface area contributed by atoms with Crippen LogP contribution >= 0.6 is 0 Å². The van der Waals surface area contributed by atoms with Gasteiger partial charge in [-0.15, -0.1) is 0 Å². The van der Waals surface area contributed by atoms with Crippen LogP contribution in [0.25, 0.3) is 0 Å². The summed E-state index contributed by atoms with van der Waals surface area (Å²) in [6.45, 7) is 12.1. The van der Waals surface area contributed by atoms with E-state index in [0.717, 1.165) is 52.4 Å². The van der Waals surface area contributed by atoms with Gasteiger partial charge in [-0.25, -0.2) is 0 Å². The fourth-order valence-electron chi connectivity index (χ4n) is 3.00. The molecule has 1 saturated heterocycles. The number of likely N-dealkylation sites (N-methyl/N-ethyl adjacent to an activating group) is 1. The van der Waals surface area contributed by atoms with Crippen molar-refractivity contribution in [2.24, 2.45) is 0 Å². The molecule has 0 unspecified atom stereocenters. The van der Waals surface area contributed by atoms with Crippen LogP contribution < -0.4 is 0 Å². The van der Waals surface area contributed by atoms with Gasteiger partial charge >= 0.3 is 0 Å². The van der Waals surface area contributed by atoms with Crippen molar-refractivity contribution < 1.29 is 5.11 Å². The van der Waals surface area contributed by atoms with Gasteiger partial charge < -0.3 is 10.0 Å². The zero-order valence-corrected chi connectivity index (χ0v) is 14.3. The predicted octanol–water partition coefficient (Wildman–Crippen LogP) is 1.51. The summed E-state index contributed by atoms with van der Waals surface area (Å²) in [4.78, 5) is 7.28. The second-order valence-electron chi connectivity index (χ2n) is 7.15. The molecule has 2 rings (SSSR count). The summed E-state index contributed by atoms with van der Waals surface area (Å²) in [6, 6.07) is 10.6. The quantitative estimate of drug-likeness (QED) is 0.827. The molecule has 0 amide bonds. The Hall–Kier alpha value is -0.940. The topological polar surface area (TPSA) is 30.0 Å². The maximum Gasteiger partial charge on any atom is 0.0718 e. The second-order valence-corrected chi connectivity index (χ2v) is 7.15. The molecule has 0 aromatic heterocycles. The predicted molar refractivity (Wildman–Crippen MR) is 92.0 cm³/mol. The summed E-state index contributed by atoms with van der Waals surface area (Å²) in [5.41, 5.74) is 0.790. The van der Waals surface area contributed by atoms with Crippen molar-refractivity contribution in [3.05, 3.63) is 35.9 Å². The van der Waals surface area contributed by atoms with Gasteiger partial charge in [0.1, 0.15) is 0 Å². The lowest BCUT2D eigenvalue weighted by molar-refractivity contribution is 0.0168. The van der Waals surface area contributed by atoms with E-state index in [1.165, 1.54) is 5.56 Å². The summed E-state index contributed by atoms with van der Waals surface area (Å²) >= 11 is 0. The molecule has 0 spiro atoms. The number of piperazine rings is 1. The van der Waals surface area contributed by atoms with Crippen LogP contribution in [0, 0.1) is 0 Å². The molecule has 0 aliphatic carbocycles. The molecule has 1 N–H and O–H groups in total. The molecule has 1 fully saturated rings. The van der Waals surface area contributed by atoms with E-state index in [9.17, 15) is 5.11 Å². The van der Waals surface area contributed by atoms with Gasteiger partial charge in [-0.05, 0) is 26.5 Å². The normalized spacial score (nSPS) is 18.0. The monoisotopic (exact) mass is 305 g/mol. The van der Waals surface area contributed by atoms with Gasteiger partial charge in [0.05, 0.1) is 5.60 Å². The van der Waals surface area contributed by atoms with Gasteiger partial charge in [0.15, 0.2) is 0 Å². The molecule has 0 saturated carbocycles. The van der Waals surface area contributed by atoms with E-state index >= 15 is 0 Å². The Bertz CT molecular complexity index is 422. The van der Waals surface area contributed by atoms with Crippen LogP contribution in [0.1, 0.15) is 19.4 Å². The number of β-amino-alcohol motifs (C(OH)–C–C–N with tert-alkyl or cyclic N) is 1. The van der Waals surface area contributed by atoms with Crippen LogP contribution in [-0.4, -0.2) is 78.3 Å². The average Bonchev–Trinajstić information content (AvgIpc) is 2.46. The van der Waals surface area contributed by atoms with Crippen molar-refractivity contribution in [1.29, 1.82) is 0 Å². The summed E-state index contributed by atoms with van der Waals surface area (Å²) in [5, 5.41) is 9.89. The van der Waals surface area contributed by atoms with Crippen molar-refractivity contribution >= 4 is 0 Å². The molecule has 124 valence electrons. The maximum atomic E-state index is 9.89. The first-order valence-electron chi connectivity index (χ1n) is 8.32. The first-order valence-corrected chi connectivity index (χ1v) is 8.32. The fraction of sp³-hybridized carbons (Fsp3) is 0.667. The van der Waals surface area contributed by atoms with Crippen molar-refractivity contribution in [3.63, 3.8) is 0 Å². The van der Waals surface area contributed by atoms with Gasteiger partial charge in [-0.1, -0.05) is 30.3 Å². The van der Waals surface area contributed by atoms with Gasteiger partial charge in [0.2, 0.25) is 0 Å². The van der Waals surface area contributed by atoms with Gasteiger partial charge in [0, 0.05) is 52.4 Å². The molecule has 22 heavy (non-hydrogen) atoms. The maximum absolute atomic E-state index is 9.89. The third-order valence-electron chi connectivity index (χ3n) is 4.17. The number of hydrogen-bond donors (Lipinski definition) is 1. The highest BCUT2D eigenvalue weighted by Crippen LogP contribution is 2.09.